The second-order valence-electron chi connectivity index (χ2n) is 9.27. The number of carbonyl (C=O) groups is 1. The lowest BCUT2D eigenvalue weighted by Gasteiger charge is -2.40. The Morgan fingerprint density at radius 2 is 1.75 bits per heavy atom. The molecule has 1 aromatic heterocycles. The lowest BCUT2D eigenvalue weighted by atomic mass is 9.71. The summed E-state index contributed by atoms with van der Waals surface area (Å²) in [5.74, 6) is -2.62. The van der Waals surface area contributed by atoms with Gasteiger partial charge in [0, 0.05) is 32.3 Å². The van der Waals surface area contributed by atoms with E-state index in [4.69, 9.17) is 16.3 Å². The van der Waals surface area contributed by atoms with Crippen molar-refractivity contribution in [2.45, 2.75) is 29.4 Å². The zero-order valence-corrected chi connectivity index (χ0v) is 20.0. The number of nitrogens with zero attached hydrogens (tertiary/aromatic N) is 2. The molecule has 1 saturated carbocycles. The Kier molecular flexibility index (Phi) is 5.59. The number of halogens is 4. The fraction of sp³-hybridized carbons (Fsp3) is 0.308. The molecule has 5 atom stereocenters. The molecule has 2 heterocycles. The summed E-state index contributed by atoms with van der Waals surface area (Å²) in [5, 5.41) is 24.2. The van der Waals surface area contributed by atoms with Gasteiger partial charge in [-0.2, -0.15) is 13.2 Å². The van der Waals surface area contributed by atoms with Crippen LogP contribution in [0, 0.1) is 5.92 Å². The zero-order valence-electron chi connectivity index (χ0n) is 19.2. The Labute approximate surface area is 209 Å². The van der Waals surface area contributed by atoms with E-state index in [1.807, 2.05) is 0 Å². The second kappa shape index (κ2) is 8.19. The molecule has 2 aliphatic rings. The van der Waals surface area contributed by atoms with Gasteiger partial charge in [0.2, 0.25) is 5.91 Å². The summed E-state index contributed by atoms with van der Waals surface area (Å²) >= 11 is 6.13. The van der Waals surface area contributed by atoms with Crippen molar-refractivity contribution in [2.24, 2.45) is 5.92 Å². The van der Waals surface area contributed by atoms with Gasteiger partial charge in [0.05, 0.1) is 16.5 Å². The molecule has 0 spiro atoms. The van der Waals surface area contributed by atoms with Crippen LogP contribution in [-0.2, 0) is 22.2 Å². The molecule has 1 fully saturated rings. The highest BCUT2D eigenvalue weighted by atomic mass is 35.5. The zero-order chi connectivity index (χ0) is 26.0. The average molecular weight is 519 g/mol. The summed E-state index contributed by atoms with van der Waals surface area (Å²) in [6, 6.07) is 14.2. The third kappa shape index (κ3) is 3.26. The molecule has 2 N–H and O–H groups in total. The summed E-state index contributed by atoms with van der Waals surface area (Å²) in [7, 11) is 3.04. The van der Waals surface area contributed by atoms with Crippen molar-refractivity contribution in [3.8, 4) is 5.75 Å². The van der Waals surface area contributed by atoms with Crippen LogP contribution in [0.1, 0.15) is 28.3 Å². The molecule has 1 amide bonds. The standard InChI is InChI=1S/C26H22ClF3N2O4/c1-32(2)23(34)19-20(14-6-4-3-5-7-14)25(15-8-10-16(11-9-15)26(28,29)30)24(35,22(19)33)21-18(36-25)12-17(27)13-31-21/h3-13,19-20,22,33,35H,1-2H3/t19-,20-,22-,24+,25+/m1/s1. The average Bonchev–Trinajstić information content (AvgIpc) is 3.21. The molecular weight excluding hydrogens is 497 g/mol. The van der Waals surface area contributed by atoms with Gasteiger partial charge in [-0.25, -0.2) is 0 Å². The van der Waals surface area contributed by atoms with Gasteiger partial charge in [0.1, 0.15) is 17.5 Å². The van der Waals surface area contributed by atoms with Gasteiger partial charge in [-0.1, -0.05) is 54.1 Å². The van der Waals surface area contributed by atoms with Crippen LogP contribution in [0.4, 0.5) is 13.2 Å². The number of aliphatic hydroxyl groups is 2. The Bertz CT molecular complexity index is 1320. The van der Waals surface area contributed by atoms with Crippen LogP contribution in [0.15, 0.2) is 66.9 Å². The molecule has 0 unspecified atom stereocenters. The predicted octanol–water partition coefficient (Wildman–Crippen LogP) is 4.09. The number of amides is 1. The van der Waals surface area contributed by atoms with Crippen LogP contribution in [-0.4, -0.2) is 46.2 Å². The van der Waals surface area contributed by atoms with Crippen LogP contribution in [0.3, 0.4) is 0 Å². The lowest BCUT2D eigenvalue weighted by molar-refractivity contribution is -0.157. The van der Waals surface area contributed by atoms with Crippen LogP contribution < -0.4 is 4.74 Å². The topological polar surface area (TPSA) is 82.9 Å². The molecule has 1 aliphatic heterocycles. The highest BCUT2D eigenvalue weighted by Crippen LogP contribution is 2.68. The van der Waals surface area contributed by atoms with Crippen molar-refractivity contribution in [3.05, 3.63) is 94.3 Å². The SMILES string of the molecule is CN(C)C(=O)[C@H]1[C@@H](O)[C@@]2(O)c3ncc(Cl)cc3O[C@@]2(c2ccc(C(F)(F)F)cc2)[C@@H]1c1ccccc1. The molecule has 10 heteroatoms. The van der Waals surface area contributed by atoms with Crippen LogP contribution in [0.25, 0.3) is 0 Å². The first-order valence-electron chi connectivity index (χ1n) is 11.1. The van der Waals surface area contributed by atoms with Crippen molar-refractivity contribution in [1.29, 1.82) is 0 Å². The Morgan fingerprint density at radius 1 is 1.11 bits per heavy atom. The van der Waals surface area contributed by atoms with Gasteiger partial charge in [-0.05, 0) is 23.3 Å². The minimum absolute atomic E-state index is 0.0470. The van der Waals surface area contributed by atoms with E-state index >= 15 is 0 Å². The van der Waals surface area contributed by atoms with Gasteiger partial charge in [-0.15, -0.1) is 0 Å². The van der Waals surface area contributed by atoms with E-state index in [0.717, 1.165) is 12.1 Å². The minimum atomic E-state index is -4.58. The minimum Gasteiger partial charge on any atom is -0.476 e. The van der Waals surface area contributed by atoms with Crippen LogP contribution >= 0.6 is 11.6 Å². The van der Waals surface area contributed by atoms with E-state index in [9.17, 15) is 28.2 Å². The normalized spacial score (nSPS) is 28.8. The van der Waals surface area contributed by atoms with Crippen molar-refractivity contribution < 1.29 is 32.9 Å². The third-order valence-electron chi connectivity index (χ3n) is 7.11. The van der Waals surface area contributed by atoms with E-state index in [0.29, 0.717) is 5.56 Å². The summed E-state index contributed by atoms with van der Waals surface area (Å²) in [4.78, 5) is 19.0. The van der Waals surface area contributed by atoms with Gasteiger partial charge in [0.25, 0.3) is 0 Å². The van der Waals surface area contributed by atoms with Gasteiger partial charge in [0.15, 0.2) is 11.2 Å². The second-order valence-corrected chi connectivity index (χ2v) is 9.71. The number of pyridine rings is 1. The molecule has 2 aromatic carbocycles. The van der Waals surface area contributed by atoms with E-state index in [2.05, 4.69) is 4.98 Å². The monoisotopic (exact) mass is 518 g/mol. The fourth-order valence-corrected chi connectivity index (χ4v) is 5.76. The first-order valence-corrected chi connectivity index (χ1v) is 11.5. The van der Waals surface area contributed by atoms with Crippen molar-refractivity contribution in [2.75, 3.05) is 14.1 Å². The van der Waals surface area contributed by atoms with Crippen molar-refractivity contribution in [1.82, 2.24) is 9.88 Å². The van der Waals surface area contributed by atoms with Gasteiger partial charge in [-0.3, -0.25) is 9.78 Å². The molecule has 188 valence electrons. The quantitative estimate of drug-likeness (QED) is 0.546. The van der Waals surface area contributed by atoms with E-state index in [-0.39, 0.29) is 22.0 Å². The molecule has 0 radical (unpaired) electrons. The first kappa shape index (κ1) is 24.5. The Hall–Kier alpha value is -3.14. The molecule has 36 heavy (non-hydrogen) atoms. The number of carbonyl (C=O) groups excluding carboxylic acids is 1. The maximum atomic E-state index is 13.4. The summed E-state index contributed by atoms with van der Waals surface area (Å²) in [5.41, 5.74) is -4.42. The molecule has 1 aliphatic carbocycles. The molecule has 0 saturated heterocycles. The van der Waals surface area contributed by atoms with Crippen molar-refractivity contribution >= 4 is 17.5 Å². The lowest BCUT2D eigenvalue weighted by Crippen LogP contribution is -2.52. The van der Waals surface area contributed by atoms with Crippen LogP contribution in [0.5, 0.6) is 5.75 Å². The Balaban J connectivity index is 1.84. The van der Waals surface area contributed by atoms with Crippen LogP contribution in [0.2, 0.25) is 5.02 Å². The van der Waals surface area contributed by atoms with E-state index in [1.54, 1.807) is 30.3 Å². The first-order chi connectivity index (χ1) is 16.9. The highest BCUT2D eigenvalue weighted by Gasteiger charge is 2.78. The predicted molar refractivity (Wildman–Crippen MR) is 124 cm³/mol. The molecule has 0 bridgehead atoms. The molecule has 6 nitrogen and oxygen atoms in total. The largest absolute Gasteiger partial charge is 0.476 e. The van der Waals surface area contributed by atoms with E-state index in [1.165, 1.54) is 43.4 Å². The fourth-order valence-electron chi connectivity index (χ4n) is 5.61. The van der Waals surface area contributed by atoms with Gasteiger partial charge < -0.3 is 19.8 Å². The number of hydrogen-bond donors (Lipinski definition) is 2. The summed E-state index contributed by atoms with van der Waals surface area (Å²) < 4.78 is 46.5. The number of ether oxygens (including phenoxy) is 1. The molecule has 3 aromatic rings. The molecular formula is C26H22ClF3N2O4. The van der Waals surface area contributed by atoms with Gasteiger partial charge >= 0.3 is 6.18 Å². The third-order valence-corrected chi connectivity index (χ3v) is 7.32. The smallest absolute Gasteiger partial charge is 0.416 e. The highest BCUT2D eigenvalue weighted by molar-refractivity contribution is 6.30. The van der Waals surface area contributed by atoms with Crippen molar-refractivity contribution in [3.63, 3.8) is 0 Å². The van der Waals surface area contributed by atoms with E-state index < -0.39 is 46.8 Å². The number of rotatable bonds is 3. The number of benzene rings is 2. The number of hydrogen-bond acceptors (Lipinski definition) is 5. The Morgan fingerprint density at radius 3 is 2.33 bits per heavy atom. The number of alkyl halides is 3. The summed E-state index contributed by atoms with van der Waals surface area (Å²) in [6.07, 6.45) is -5.02. The maximum absolute atomic E-state index is 13.4. The maximum Gasteiger partial charge on any atom is 0.416 e. The number of aromatic nitrogens is 1. The summed E-state index contributed by atoms with van der Waals surface area (Å²) in [6.45, 7) is 0. The number of aliphatic hydroxyl groups excluding tert-OH is 1. The number of fused-ring (bicyclic) bond motifs is 3. The molecule has 5 rings (SSSR count).